The molecule has 0 unspecified atom stereocenters. The van der Waals surface area contributed by atoms with Gasteiger partial charge in [-0.15, -0.1) is 4.85 Å². The van der Waals surface area contributed by atoms with E-state index in [1.165, 1.54) is 25.7 Å². The number of halogens is 6. The predicted molar refractivity (Wildman–Crippen MR) is 92.7 cm³/mol. The van der Waals surface area contributed by atoms with Crippen LogP contribution in [0.5, 0.6) is 0 Å². The van der Waals surface area contributed by atoms with E-state index < -0.39 is 7.81 Å². The molecule has 0 saturated carbocycles. The third-order valence-electron chi connectivity index (χ3n) is 4.45. The average molecular weight is 431 g/mol. The molecule has 0 amide bonds. The molecule has 1 aromatic heterocycles. The zero-order valence-electron chi connectivity index (χ0n) is 14.8. The summed E-state index contributed by atoms with van der Waals surface area (Å²) in [4.78, 5) is 3.12. The number of hydrogen-bond acceptors (Lipinski definition) is 2. The minimum Gasteiger partial charge on any atom is -0.691 e. The van der Waals surface area contributed by atoms with Gasteiger partial charge in [0.05, 0.1) is 31.4 Å². The van der Waals surface area contributed by atoms with Crippen LogP contribution >= 0.6 is 7.81 Å². The Morgan fingerprint density at radius 3 is 2.04 bits per heavy atom. The summed E-state index contributed by atoms with van der Waals surface area (Å²) < 4.78 is 63.4. The minimum atomic E-state index is -10.7. The molecule has 3 heterocycles. The number of para-hydroxylation sites is 2. The summed E-state index contributed by atoms with van der Waals surface area (Å²) in [5.41, 5.74) is 1.52. The van der Waals surface area contributed by atoms with Crippen molar-refractivity contribution in [3.05, 3.63) is 29.5 Å². The maximum absolute atomic E-state index is 12.1. The average Bonchev–Trinajstić information content (AvgIpc) is 3.29. The summed E-state index contributed by atoms with van der Waals surface area (Å²) in [6, 6.07) is 7.65. The van der Waals surface area contributed by atoms with Crippen LogP contribution in [0.25, 0.3) is 11.0 Å². The minimum absolute atomic E-state index is 0.633. The van der Waals surface area contributed by atoms with Gasteiger partial charge in [-0.2, -0.15) is 0 Å². The third kappa shape index (κ3) is 5.70. The molecule has 28 heavy (non-hydrogen) atoms. The molecule has 4 rings (SSSR count). The molecule has 0 bridgehead atoms. The van der Waals surface area contributed by atoms with Gasteiger partial charge >= 0.3 is 38.9 Å². The van der Waals surface area contributed by atoms with E-state index >= 15 is 0 Å². The molecule has 13 heteroatoms. The third-order valence-corrected chi connectivity index (χ3v) is 4.45. The molecule has 0 atom stereocenters. The SMILES string of the molecule is F[P-](F)(F)(F)(F)F.[O-][n+]1nn(C(N2CCCC2)=[N+]2CCCC2)c2ccccc21. The molecule has 2 aliphatic rings. The van der Waals surface area contributed by atoms with Crippen molar-refractivity contribution in [2.45, 2.75) is 25.7 Å². The molecule has 0 N–H and O–H groups in total. The summed E-state index contributed by atoms with van der Waals surface area (Å²) in [5, 5.41) is 16.3. The van der Waals surface area contributed by atoms with Crippen molar-refractivity contribution in [2.24, 2.45) is 0 Å². The Kier molecular flexibility index (Phi) is 4.76. The van der Waals surface area contributed by atoms with Crippen molar-refractivity contribution in [1.82, 2.24) is 14.8 Å². The topological polar surface area (TPSA) is 51.0 Å². The molecule has 2 aromatic rings. The summed E-state index contributed by atoms with van der Waals surface area (Å²) in [6.07, 6.45) is 4.86. The van der Waals surface area contributed by atoms with Crippen LogP contribution in [0.15, 0.2) is 24.3 Å². The normalized spacial score (nSPS) is 19.9. The van der Waals surface area contributed by atoms with Crippen LogP contribution in [-0.2, 0) is 0 Å². The zero-order valence-corrected chi connectivity index (χ0v) is 15.7. The first-order valence-corrected chi connectivity index (χ1v) is 10.8. The Labute approximate surface area is 156 Å². The molecule has 0 spiro atoms. The smallest absolute Gasteiger partial charge is 0.382 e. The molecule has 2 saturated heterocycles. The zero-order chi connectivity index (χ0) is 20.6. The second-order valence-corrected chi connectivity index (χ2v) is 8.73. The van der Waals surface area contributed by atoms with Crippen LogP contribution in [-0.4, -0.2) is 51.5 Å². The van der Waals surface area contributed by atoms with Gasteiger partial charge in [-0.05, 0) is 37.8 Å². The van der Waals surface area contributed by atoms with Crippen molar-refractivity contribution in [3.8, 4) is 0 Å². The number of fused-ring (bicyclic) bond motifs is 1. The van der Waals surface area contributed by atoms with Gasteiger partial charge in [0.2, 0.25) is 0 Å². The molecular weight excluding hydrogens is 411 g/mol. The van der Waals surface area contributed by atoms with Crippen LogP contribution in [0.4, 0.5) is 25.2 Å². The van der Waals surface area contributed by atoms with Gasteiger partial charge in [-0.3, -0.25) is 9.48 Å². The van der Waals surface area contributed by atoms with Gasteiger partial charge < -0.3 is 5.21 Å². The number of benzene rings is 1. The number of likely N-dealkylation sites (tertiary alicyclic amines) is 1. The van der Waals surface area contributed by atoms with Gasteiger partial charge in [0.25, 0.3) is 0 Å². The van der Waals surface area contributed by atoms with E-state index in [1.807, 2.05) is 28.9 Å². The molecule has 2 aliphatic heterocycles. The van der Waals surface area contributed by atoms with E-state index in [0.717, 1.165) is 42.5 Å². The van der Waals surface area contributed by atoms with Gasteiger partial charge in [0.15, 0.2) is 11.0 Å². The molecule has 2 fully saturated rings. The maximum atomic E-state index is 12.1. The number of hydrogen-bond donors (Lipinski definition) is 0. The first-order valence-electron chi connectivity index (χ1n) is 8.81. The first-order chi connectivity index (χ1) is 12.8. The van der Waals surface area contributed by atoms with Gasteiger partial charge in [0, 0.05) is 0 Å². The molecule has 158 valence electrons. The van der Waals surface area contributed by atoms with Crippen LogP contribution in [0.2, 0.25) is 0 Å². The Balaban J connectivity index is 0.000000279. The van der Waals surface area contributed by atoms with E-state index in [2.05, 4.69) is 14.7 Å². The van der Waals surface area contributed by atoms with Crippen molar-refractivity contribution in [2.75, 3.05) is 26.2 Å². The predicted octanol–water partition coefficient (Wildman–Crippen LogP) is 4.16. The fraction of sp³-hybridized carbons (Fsp3) is 0.533. The molecule has 0 aliphatic carbocycles. The quantitative estimate of drug-likeness (QED) is 0.207. The molecule has 1 aromatic carbocycles. The van der Waals surface area contributed by atoms with E-state index in [4.69, 9.17) is 0 Å². The standard InChI is InChI=1S/C15H20N5O.F6P/c21-20-14-8-2-1-7-13(14)19(16-20)15(17-9-3-4-10-17)18-11-5-6-12-18;1-7(2,3,4,5)6/h1-2,7-8H,3-6,9-12H2;/q+1;-1. The van der Waals surface area contributed by atoms with Crippen molar-refractivity contribution >= 4 is 24.8 Å². The molecular formula is C15H20F6N5OP. The van der Waals surface area contributed by atoms with Crippen LogP contribution in [0.1, 0.15) is 25.7 Å². The summed E-state index contributed by atoms with van der Waals surface area (Å²) in [5.74, 6) is 1.09. The second kappa shape index (κ2) is 6.47. The van der Waals surface area contributed by atoms with Crippen molar-refractivity contribution in [3.63, 3.8) is 0 Å². The van der Waals surface area contributed by atoms with E-state index in [1.54, 1.807) is 0 Å². The fourth-order valence-corrected chi connectivity index (χ4v) is 3.43. The summed E-state index contributed by atoms with van der Waals surface area (Å²) >= 11 is 0. The Morgan fingerprint density at radius 2 is 1.46 bits per heavy atom. The monoisotopic (exact) mass is 431 g/mol. The number of rotatable bonds is 0. The van der Waals surface area contributed by atoms with E-state index in [0.29, 0.717) is 5.52 Å². The van der Waals surface area contributed by atoms with Crippen LogP contribution in [0.3, 0.4) is 0 Å². The van der Waals surface area contributed by atoms with Crippen molar-refractivity contribution in [1.29, 1.82) is 0 Å². The Hall–Kier alpha value is -2.10. The second-order valence-electron chi connectivity index (χ2n) is 6.81. The van der Waals surface area contributed by atoms with Crippen LogP contribution < -0.4 is 4.85 Å². The largest absolute Gasteiger partial charge is 0.691 e. The number of aromatic nitrogens is 3. The summed E-state index contributed by atoms with van der Waals surface area (Å²) in [7, 11) is -10.7. The van der Waals surface area contributed by atoms with Gasteiger partial charge in [-0.1, -0.05) is 16.8 Å². The number of nitrogens with zero attached hydrogens (tertiary/aromatic N) is 5. The van der Waals surface area contributed by atoms with Crippen molar-refractivity contribution < 1.29 is 34.6 Å². The van der Waals surface area contributed by atoms with E-state index in [-0.39, 0.29) is 0 Å². The summed E-state index contributed by atoms with van der Waals surface area (Å²) in [6.45, 7) is 4.22. The Morgan fingerprint density at radius 1 is 0.929 bits per heavy atom. The molecule has 6 nitrogen and oxygen atoms in total. The van der Waals surface area contributed by atoms with Gasteiger partial charge in [0.1, 0.15) is 0 Å². The fourth-order valence-electron chi connectivity index (χ4n) is 3.43. The Bertz CT molecular complexity index is 886. The first kappa shape index (κ1) is 20.6. The van der Waals surface area contributed by atoms with Crippen LogP contribution in [0, 0.1) is 5.21 Å². The molecule has 0 radical (unpaired) electrons. The van der Waals surface area contributed by atoms with Gasteiger partial charge in [-0.25, -0.2) is 0 Å². The maximum Gasteiger partial charge on any atom is 0.382 e. The van der Waals surface area contributed by atoms with E-state index in [9.17, 15) is 30.4 Å².